The molecule has 1 fully saturated rings. The SMILES string of the molecule is CC(Nc1ccc(C(N)=S)c(C(F)(F)F)c1)C1CCC1. The Hall–Kier alpha value is -1.30. The van der Waals surface area contributed by atoms with Gasteiger partial charge in [-0.25, -0.2) is 0 Å². The molecule has 0 spiro atoms. The second kappa shape index (κ2) is 5.60. The zero-order chi connectivity index (χ0) is 14.9. The molecule has 1 unspecified atom stereocenters. The van der Waals surface area contributed by atoms with Gasteiger partial charge in [0.05, 0.1) is 5.56 Å². The fourth-order valence-electron chi connectivity index (χ4n) is 2.40. The van der Waals surface area contributed by atoms with Crippen molar-refractivity contribution in [3.63, 3.8) is 0 Å². The maximum Gasteiger partial charge on any atom is 0.417 e. The molecule has 1 aromatic carbocycles. The molecule has 0 saturated heterocycles. The third kappa shape index (κ3) is 3.23. The molecule has 1 atom stereocenters. The number of nitrogens with two attached hydrogens (primary N) is 1. The summed E-state index contributed by atoms with van der Waals surface area (Å²) in [5, 5.41) is 3.14. The normalized spacial score (nSPS) is 17.4. The summed E-state index contributed by atoms with van der Waals surface area (Å²) in [6, 6.07) is 4.18. The van der Waals surface area contributed by atoms with Crippen LogP contribution in [-0.2, 0) is 6.18 Å². The maximum atomic E-state index is 13.0. The zero-order valence-electron chi connectivity index (χ0n) is 11.1. The second-order valence-corrected chi connectivity index (χ2v) is 5.69. The van der Waals surface area contributed by atoms with Gasteiger partial charge in [-0.15, -0.1) is 0 Å². The van der Waals surface area contributed by atoms with Crippen molar-refractivity contribution < 1.29 is 13.2 Å². The molecule has 2 nitrogen and oxygen atoms in total. The fourth-order valence-corrected chi connectivity index (χ4v) is 2.58. The molecule has 0 heterocycles. The molecule has 1 saturated carbocycles. The molecule has 0 aromatic heterocycles. The minimum absolute atomic E-state index is 0.130. The van der Waals surface area contributed by atoms with Crippen molar-refractivity contribution in [2.24, 2.45) is 11.7 Å². The molecule has 0 amide bonds. The molecule has 6 heteroatoms. The number of anilines is 1. The van der Waals surface area contributed by atoms with E-state index in [-0.39, 0.29) is 16.6 Å². The van der Waals surface area contributed by atoms with Crippen LogP contribution in [0.3, 0.4) is 0 Å². The van der Waals surface area contributed by atoms with Gasteiger partial charge in [-0.2, -0.15) is 13.2 Å². The molecular weight excluding hydrogens is 285 g/mol. The Morgan fingerprint density at radius 3 is 2.50 bits per heavy atom. The Bertz CT molecular complexity index is 510. The van der Waals surface area contributed by atoms with Gasteiger partial charge >= 0.3 is 6.18 Å². The van der Waals surface area contributed by atoms with Gasteiger partial charge in [-0.05, 0) is 43.9 Å². The lowest BCUT2D eigenvalue weighted by atomic mass is 9.80. The average molecular weight is 302 g/mol. The molecule has 0 bridgehead atoms. The largest absolute Gasteiger partial charge is 0.417 e. The molecule has 2 rings (SSSR count). The molecule has 0 aliphatic heterocycles. The number of nitrogens with one attached hydrogen (secondary N) is 1. The van der Waals surface area contributed by atoms with Crippen LogP contribution in [0.4, 0.5) is 18.9 Å². The van der Waals surface area contributed by atoms with Crippen LogP contribution < -0.4 is 11.1 Å². The molecule has 110 valence electrons. The molecule has 1 aromatic rings. The van der Waals surface area contributed by atoms with Gasteiger partial charge in [-0.3, -0.25) is 0 Å². The average Bonchev–Trinajstić information content (AvgIpc) is 2.24. The molecule has 1 aliphatic rings. The number of hydrogen-bond acceptors (Lipinski definition) is 2. The monoisotopic (exact) mass is 302 g/mol. The molecular formula is C14H17F3N2S. The highest BCUT2D eigenvalue weighted by molar-refractivity contribution is 7.80. The van der Waals surface area contributed by atoms with E-state index < -0.39 is 11.7 Å². The molecule has 1 aliphatic carbocycles. The standard InChI is InChI=1S/C14H17F3N2S/c1-8(9-3-2-4-9)19-10-5-6-11(13(18)20)12(7-10)14(15,16)17/h5-9,19H,2-4H2,1H3,(H2,18,20). The van der Waals surface area contributed by atoms with Crippen LogP contribution >= 0.6 is 12.2 Å². The number of hydrogen-bond donors (Lipinski definition) is 2. The van der Waals surface area contributed by atoms with E-state index in [1.54, 1.807) is 6.07 Å². The van der Waals surface area contributed by atoms with Crippen molar-refractivity contribution in [2.75, 3.05) is 5.32 Å². The predicted octanol–water partition coefficient (Wildman–Crippen LogP) is 3.94. The van der Waals surface area contributed by atoms with Crippen LogP contribution in [0.2, 0.25) is 0 Å². The van der Waals surface area contributed by atoms with Crippen molar-refractivity contribution in [1.29, 1.82) is 0 Å². The number of benzene rings is 1. The van der Waals surface area contributed by atoms with Gasteiger partial charge < -0.3 is 11.1 Å². The first kappa shape index (κ1) is 15.1. The Morgan fingerprint density at radius 1 is 1.40 bits per heavy atom. The highest BCUT2D eigenvalue weighted by Crippen LogP contribution is 2.35. The minimum Gasteiger partial charge on any atom is -0.389 e. The van der Waals surface area contributed by atoms with E-state index >= 15 is 0 Å². The molecule has 0 radical (unpaired) electrons. The molecule has 3 N–H and O–H groups in total. The van der Waals surface area contributed by atoms with Crippen LogP contribution in [0.1, 0.15) is 37.3 Å². The van der Waals surface area contributed by atoms with Crippen LogP contribution in [0, 0.1) is 5.92 Å². The van der Waals surface area contributed by atoms with E-state index in [9.17, 15) is 13.2 Å². The van der Waals surface area contributed by atoms with E-state index in [0.29, 0.717) is 11.6 Å². The lowest BCUT2D eigenvalue weighted by molar-refractivity contribution is -0.137. The zero-order valence-corrected chi connectivity index (χ0v) is 11.9. The molecule has 20 heavy (non-hydrogen) atoms. The van der Waals surface area contributed by atoms with E-state index in [2.05, 4.69) is 17.5 Å². The first-order chi connectivity index (χ1) is 9.29. The number of thiocarbonyl (C=S) groups is 1. The number of alkyl halides is 3. The van der Waals surface area contributed by atoms with Crippen LogP contribution in [0.15, 0.2) is 18.2 Å². The van der Waals surface area contributed by atoms with Gasteiger partial charge in [-0.1, -0.05) is 18.6 Å². The minimum atomic E-state index is -4.46. The summed E-state index contributed by atoms with van der Waals surface area (Å²) in [6.07, 6.45) is -1.00. The quantitative estimate of drug-likeness (QED) is 0.827. The van der Waals surface area contributed by atoms with Crippen molar-refractivity contribution in [3.8, 4) is 0 Å². The third-order valence-corrected chi connectivity index (χ3v) is 4.06. The summed E-state index contributed by atoms with van der Waals surface area (Å²) in [7, 11) is 0. The van der Waals surface area contributed by atoms with Crippen molar-refractivity contribution in [1.82, 2.24) is 0 Å². The van der Waals surface area contributed by atoms with Gasteiger partial charge in [0.15, 0.2) is 0 Å². The highest BCUT2D eigenvalue weighted by atomic mass is 32.1. The summed E-state index contributed by atoms with van der Waals surface area (Å²) in [5.74, 6) is 0.541. The Kier molecular flexibility index (Phi) is 4.22. The predicted molar refractivity (Wildman–Crippen MR) is 77.8 cm³/mol. The van der Waals surface area contributed by atoms with Crippen molar-refractivity contribution in [2.45, 2.75) is 38.4 Å². The summed E-state index contributed by atoms with van der Waals surface area (Å²) < 4.78 is 39.1. The van der Waals surface area contributed by atoms with Crippen molar-refractivity contribution >= 4 is 22.9 Å². The van der Waals surface area contributed by atoms with Gasteiger partial charge in [0, 0.05) is 17.3 Å². The summed E-state index contributed by atoms with van der Waals surface area (Å²) >= 11 is 4.68. The van der Waals surface area contributed by atoms with Gasteiger partial charge in [0.1, 0.15) is 4.99 Å². The van der Waals surface area contributed by atoms with Crippen molar-refractivity contribution in [3.05, 3.63) is 29.3 Å². The van der Waals surface area contributed by atoms with E-state index in [1.807, 2.05) is 6.92 Å². The summed E-state index contributed by atoms with van der Waals surface area (Å²) in [4.78, 5) is -0.240. The Balaban J connectivity index is 2.24. The second-order valence-electron chi connectivity index (χ2n) is 5.25. The van der Waals surface area contributed by atoms with Gasteiger partial charge in [0.2, 0.25) is 0 Å². The first-order valence-corrected chi connectivity index (χ1v) is 6.97. The topological polar surface area (TPSA) is 38.0 Å². The fraction of sp³-hybridized carbons (Fsp3) is 0.500. The van der Waals surface area contributed by atoms with Crippen LogP contribution in [-0.4, -0.2) is 11.0 Å². The van der Waals surface area contributed by atoms with Crippen LogP contribution in [0.5, 0.6) is 0 Å². The Morgan fingerprint density at radius 2 is 2.05 bits per heavy atom. The maximum absolute atomic E-state index is 13.0. The smallest absolute Gasteiger partial charge is 0.389 e. The van der Waals surface area contributed by atoms with E-state index in [4.69, 9.17) is 5.73 Å². The lowest BCUT2D eigenvalue weighted by Gasteiger charge is -2.32. The first-order valence-electron chi connectivity index (χ1n) is 6.56. The summed E-state index contributed by atoms with van der Waals surface area (Å²) in [6.45, 7) is 2.00. The van der Waals surface area contributed by atoms with E-state index in [1.165, 1.54) is 12.5 Å². The Labute approximate surface area is 121 Å². The van der Waals surface area contributed by atoms with Crippen LogP contribution in [0.25, 0.3) is 0 Å². The van der Waals surface area contributed by atoms with Gasteiger partial charge in [0.25, 0.3) is 0 Å². The number of rotatable bonds is 4. The lowest BCUT2D eigenvalue weighted by Crippen LogP contribution is -2.31. The number of halogens is 3. The highest BCUT2D eigenvalue weighted by Gasteiger charge is 2.34. The summed E-state index contributed by atoms with van der Waals surface area (Å²) in [5.41, 5.74) is 4.90. The third-order valence-electron chi connectivity index (χ3n) is 3.84. The van der Waals surface area contributed by atoms with E-state index in [0.717, 1.165) is 18.9 Å².